The van der Waals surface area contributed by atoms with Gasteiger partial charge in [0, 0.05) is 31.3 Å². The highest BCUT2D eigenvalue weighted by Gasteiger charge is 2.23. The van der Waals surface area contributed by atoms with Crippen molar-refractivity contribution in [1.82, 2.24) is 5.32 Å². The lowest BCUT2D eigenvalue weighted by atomic mass is 9.85. The maximum absolute atomic E-state index is 12.0. The molecule has 1 fully saturated rings. The summed E-state index contributed by atoms with van der Waals surface area (Å²) in [6, 6.07) is 8.15. The molecule has 1 amide bonds. The largest absolute Gasteiger partial charge is 0.396 e. The number of benzene rings is 1. The van der Waals surface area contributed by atoms with Crippen LogP contribution >= 0.6 is 0 Å². The molecule has 4 nitrogen and oxygen atoms in total. The molecule has 0 radical (unpaired) electrons. The van der Waals surface area contributed by atoms with E-state index in [2.05, 4.69) is 10.6 Å². The van der Waals surface area contributed by atoms with Crippen molar-refractivity contribution >= 4 is 11.6 Å². The van der Waals surface area contributed by atoms with Gasteiger partial charge in [0.25, 0.3) is 0 Å². The van der Waals surface area contributed by atoms with Crippen molar-refractivity contribution in [2.45, 2.75) is 45.1 Å². The summed E-state index contributed by atoms with van der Waals surface area (Å²) >= 11 is 0. The summed E-state index contributed by atoms with van der Waals surface area (Å²) in [6.45, 7) is 2.90. The predicted molar refractivity (Wildman–Crippen MR) is 85.3 cm³/mol. The number of rotatable bonds is 6. The van der Waals surface area contributed by atoms with E-state index in [0.717, 1.165) is 24.1 Å². The maximum atomic E-state index is 12.0. The van der Waals surface area contributed by atoms with Crippen LogP contribution in [-0.2, 0) is 4.79 Å². The Balaban J connectivity index is 1.73. The Labute approximate surface area is 126 Å². The van der Waals surface area contributed by atoms with Gasteiger partial charge in [-0.3, -0.25) is 4.79 Å². The maximum Gasteiger partial charge on any atom is 0.225 e. The second-order valence-electron chi connectivity index (χ2n) is 5.90. The van der Waals surface area contributed by atoms with Crippen LogP contribution in [-0.4, -0.2) is 30.2 Å². The molecular weight excluding hydrogens is 264 g/mol. The highest BCUT2D eigenvalue weighted by molar-refractivity contribution is 5.91. The highest BCUT2D eigenvalue weighted by Crippen LogP contribution is 2.23. The first-order chi connectivity index (χ1) is 10.2. The number of amides is 1. The average molecular weight is 290 g/mol. The number of aryl methyl sites for hydroxylation is 1. The Kier molecular flexibility index (Phi) is 6.21. The van der Waals surface area contributed by atoms with Crippen molar-refractivity contribution in [3.63, 3.8) is 0 Å². The Hall–Kier alpha value is -1.39. The molecule has 4 heteroatoms. The van der Waals surface area contributed by atoms with Gasteiger partial charge in [-0.05, 0) is 37.3 Å². The number of para-hydroxylation sites is 1. The summed E-state index contributed by atoms with van der Waals surface area (Å²) in [7, 11) is 0. The normalized spacial score (nSPS) is 22.0. The van der Waals surface area contributed by atoms with E-state index in [1.807, 2.05) is 31.2 Å². The number of carbonyl (C=O) groups is 1. The van der Waals surface area contributed by atoms with E-state index in [1.165, 1.54) is 12.8 Å². The summed E-state index contributed by atoms with van der Waals surface area (Å²) in [6.07, 6.45) is 5.07. The summed E-state index contributed by atoms with van der Waals surface area (Å²) in [5.74, 6) is 0.381. The molecule has 2 atom stereocenters. The van der Waals surface area contributed by atoms with Crippen molar-refractivity contribution in [2.24, 2.45) is 5.92 Å². The molecule has 1 saturated carbocycles. The minimum Gasteiger partial charge on any atom is -0.396 e. The van der Waals surface area contributed by atoms with Gasteiger partial charge in [-0.2, -0.15) is 0 Å². The van der Waals surface area contributed by atoms with E-state index < -0.39 is 0 Å². The first kappa shape index (κ1) is 16.0. The number of anilines is 1. The molecule has 0 aliphatic heterocycles. The lowest BCUT2D eigenvalue weighted by Gasteiger charge is -2.31. The standard InChI is InChI=1S/C17H26N2O2/c1-13-6-2-4-8-15(13)19-17(21)10-11-18-16-9-5-3-7-14(16)12-20/h2,4,6,8,14,16,18,20H,3,5,7,9-12H2,1H3,(H,19,21)/t14-,16-/m1/s1. The van der Waals surface area contributed by atoms with Crippen LogP contribution in [0.15, 0.2) is 24.3 Å². The van der Waals surface area contributed by atoms with Gasteiger partial charge < -0.3 is 15.7 Å². The van der Waals surface area contributed by atoms with E-state index in [-0.39, 0.29) is 12.5 Å². The minimum atomic E-state index is 0.0353. The molecule has 0 unspecified atom stereocenters. The zero-order chi connectivity index (χ0) is 15.1. The van der Waals surface area contributed by atoms with Crippen LogP contribution in [0.5, 0.6) is 0 Å². The smallest absolute Gasteiger partial charge is 0.225 e. The molecule has 2 rings (SSSR count). The molecule has 3 N–H and O–H groups in total. The van der Waals surface area contributed by atoms with E-state index in [1.54, 1.807) is 0 Å². The van der Waals surface area contributed by atoms with Crippen LogP contribution in [0.3, 0.4) is 0 Å². The molecule has 116 valence electrons. The quantitative estimate of drug-likeness (QED) is 0.754. The summed E-state index contributed by atoms with van der Waals surface area (Å²) in [5.41, 5.74) is 1.96. The van der Waals surface area contributed by atoms with E-state index in [9.17, 15) is 9.90 Å². The zero-order valence-corrected chi connectivity index (χ0v) is 12.8. The Bertz CT molecular complexity index is 462. The Morgan fingerprint density at radius 1 is 1.29 bits per heavy atom. The molecule has 0 heterocycles. The van der Waals surface area contributed by atoms with Gasteiger partial charge in [-0.15, -0.1) is 0 Å². The lowest BCUT2D eigenvalue weighted by molar-refractivity contribution is -0.116. The van der Waals surface area contributed by atoms with E-state index in [4.69, 9.17) is 0 Å². The van der Waals surface area contributed by atoms with E-state index >= 15 is 0 Å². The van der Waals surface area contributed by atoms with Crippen LogP contribution in [0.25, 0.3) is 0 Å². The fourth-order valence-corrected chi connectivity index (χ4v) is 2.99. The summed E-state index contributed by atoms with van der Waals surface area (Å²) in [4.78, 5) is 12.0. The van der Waals surface area contributed by atoms with E-state index in [0.29, 0.717) is 24.9 Å². The number of aliphatic hydroxyl groups excluding tert-OH is 1. The van der Waals surface area contributed by atoms with Gasteiger partial charge in [0.15, 0.2) is 0 Å². The van der Waals surface area contributed by atoms with Gasteiger partial charge in [0.2, 0.25) is 5.91 Å². The Morgan fingerprint density at radius 2 is 2.05 bits per heavy atom. The number of aliphatic hydroxyl groups is 1. The third-order valence-electron chi connectivity index (χ3n) is 4.32. The molecule has 1 aromatic carbocycles. The van der Waals surface area contributed by atoms with Crippen LogP contribution in [0.2, 0.25) is 0 Å². The third-order valence-corrected chi connectivity index (χ3v) is 4.32. The molecule has 1 aliphatic rings. The number of nitrogens with one attached hydrogen (secondary N) is 2. The number of carbonyl (C=O) groups excluding carboxylic acids is 1. The van der Waals surface area contributed by atoms with Gasteiger partial charge >= 0.3 is 0 Å². The van der Waals surface area contributed by atoms with Crippen molar-refractivity contribution in [3.05, 3.63) is 29.8 Å². The van der Waals surface area contributed by atoms with Gasteiger partial charge in [0.05, 0.1) is 0 Å². The second kappa shape index (κ2) is 8.15. The lowest BCUT2D eigenvalue weighted by Crippen LogP contribution is -2.41. The SMILES string of the molecule is Cc1ccccc1NC(=O)CCN[C@@H]1CCCC[C@@H]1CO. The zero-order valence-electron chi connectivity index (χ0n) is 12.8. The van der Waals surface area contributed by atoms with Crippen LogP contribution in [0, 0.1) is 12.8 Å². The van der Waals surface area contributed by atoms with Gasteiger partial charge in [-0.1, -0.05) is 31.0 Å². The molecule has 1 aliphatic carbocycles. The number of hydrogen-bond acceptors (Lipinski definition) is 3. The van der Waals surface area contributed by atoms with Crippen molar-refractivity contribution < 1.29 is 9.90 Å². The topological polar surface area (TPSA) is 61.4 Å². The fraction of sp³-hybridized carbons (Fsp3) is 0.588. The van der Waals surface area contributed by atoms with Crippen molar-refractivity contribution in [3.8, 4) is 0 Å². The Morgan fingerprint density at radius 3 is 2.81 bits per heavy atom. The summed E-state index contributed by atoms with van der Waals surface area (Å²) < 4.78 is 0. The summed E-state index contributed by atoms with van der Waals surface area (Å²) in [5, 5.41) is 15.8. The van der Waals surface area contributed by atoms with Gasteiger partial charge in [-0.25, -0.2) is 0 Å². The highest BCUT2D eigenvalue weighted by atomic mass is 16.3. The number of hydrogen-bond donors (Lipinski definition) is 3. The van der Waals surface area contributed by atoms with Crippen LogP contribution < -0.4 is 10.6 Å². The predicted octanol–water partition coefficient (Wildman–Crippen LogP) is 2.46. The minimum absolute atomic E-state index is 0.0353. The van der Waals surface area contributed by atoms with Crippen LogP contribution in [0.1, 0.15) is 37.7 Å². The molecule has 1 aromatic rings. The van der Waals surface area contributed by atoms with Crippen LogP contribution in [0.4, 0.5) is 5.69 Å². The first-order valence-corrected chi connectivity index (χ1v) is 7.90. The van der Waals surface area contributed by atoms with Crippen molar-refractivity contribution in [2.75, 3.05) is 18.5 Å². The second-order valence-corrected chi connectivity index (χ2v) is 5.90. The molecule has 21 heavy (non-hydrogen) atoms. The molecule has 0 saturated heterocycles. The molecular formula is C17H26N2O2. The third kappa shape index (κ3) is 4.83. The van der Waals surface area contributed by atoms with Gasteiger partial charge in [0.1, 0.15) is 0 Å². The molecule has 0 aromatic heterocycles. The average Bonchev–Trinajstić information content (AvgIpc) is 2.50. The molecule has 0 spiro atoms. The molecule has 0 bridgehead atoms. The van der Waals surface area contributed by atoms with Crippen molar-refractivity contribution in [1.29, 1.82) is 0 Å². The monoisotopic (exact) mass is 290 g/mol. The fourth-order valence-electron chi connectivity index (χ4n) is 2.99. The first-order valence-electron chi connectivity index (χ1n) is 7.90.